The topological polar surface area (TPSA) is 185 Å². The fourth-order valence-electron chi connectivity index (χ4n) is 4.89. The molecule has 2 saturated heterocycles. The number of hydrogen-bond acceptors (Lipinski definition) is 15. The molecule has 0 aromatic rings. The van der Waals surface area contributed by atoms with Gasteiger partial charge < -0.3 is 42.6 Å². The fraction of sp³-hybridized carbons (Fsp3) is 0.680. The van der Waals surface area contributed by atoms with Crippen LogP contribution in [0.3, 0.4) is 0 Å². The standard InChI is InChI=1S/C25H32O15/c1-10-19-15(7-18(30)35-10)16(23(31)32-6)8-34-24(19)40-25-22(38-14(5)29)21(37-13(4)28)20(36-12(3)27)17(39-25)9-33-11(2)26/h8,10,15,17,19-22,24-25H,7,9H2,1-6H3/t10-,15+,17+,19-,20+,21-,22+,24-,25-/m0/s1. The molecule has 0 aromatic carbocycles. The van der Waals surface area contributed by atoms with Crippen molar-refractivity contribution in [1.82, 2.24) is 0 Å². The molecular weight excluding hydrogens is 540 g/mol. The fourth-order valence-corrected chi connectivity index (χ4v) is 4.89. The average Bonchev–Trinajstić information content (AvgIpc) is 2.84. The average molecular weight is 573 g/mol. The molecule has 0 spiro atoms. The highest BCUT2D eigenvalue weighted by Gasteiger charge is 2.56. The van der Waals surface area contributed by atoms with E-state index >= 15 is 0 Å². The van der Waals surface area contributed by atoms with E-state index in [9.17, 15) is 28.8 Å². The lowest BCUT2D eigenvalue weighted by molar-refractivity contribution is -0.348. The predicted octanol–water partition coefficient (Wildman–Crippen LogP) is 0.0671. The largest absolute Gasteiger partial charge is 0.471 e. The number of carbonyl (C=O) groups excluding carboxylic acids is 6. The Hall–Kier alpha value is -3.72. The van der Waals surface area contributed by atoms with Gasteiger partial charge >= 0.3 is 35.8 Å². The van der Waals surface area contributed by atoms with Crippen molar-refractivity contribution < 1.29 is 71.4 Å². The first-order valence-corrected chi connectivity index (χ1v) is 12.4. The predicted molar refractivity (Wildman–Crippen MR) is 125 cm³/mol. The number of carbonyl (C=O) groups is 6. The van der Waals surface area contributed by atoms with Gasteiger partial charge in [-0.05, 0) is 6.92 Å². The molecule has 0 aliphatic carbocycles. The number of methoxy groups -OCH3 is 1. The summed E-state index contributed by atoms with van der Waals surface area (Å²) in [7, 11) is 1.18. The van der Waals surface area contributed by atoms with Crippen LogP contribution in [0, 0.1) is 11.8 Å². The van der Waals surface area contributed by atoms with Crippen LogP contribution in [0.1, 0.15) is 41.0 Å². The molecule has 0 N–H and O–H groups in total. The van der Waals surface area contributed by atoms with Crippen LogP contribution in [0.5, 0.6) is 0 Å². The molecule has 3 aliphatic rings. The lowest BCUT2D eigenvalue weighted by Crippen LogP contribution is -2.64. The van der Waals surface area contributed by atoms with Crippen LogP contribution >= 0.6 is 0 Å². The van der Waals surface area contributed by atoms with Crippen LogP contribution in [0.4, 0.5) is 0 Å². The van der Waals surface area contributed by atoms with E-state index in [1.54, 1.807) is 6.92 Å². The molecule has 222 valence electrons. The second-order valence-electron chi connectivity index (χ2n) is 9.36. The summed E-state index contributed by atoms with van der Waals surface area (Å²) in [4.78, 5) is 72.1. The molecule has 3 heterocycles. The summed E-state index contributed by atoms with van der Waals surface area (Å²) in [5.74, 6) is -5.79. The first kappa shape index (κ1) is 30.8. The van der Waals surface area contributed by atoms with E-state index in [1.165, 1.54) is 7.11 Å². The number of ether oxygens (including phenoxy) is 9. The summed E-state index contributed by atoms with van der Waals surface area (Å²) in [5, 5.41) is 0. The van der Waals surface area contributed by atoms with Crippen molar-refractivity contribution in [3.8, 4) is 0 Å². The van der Waals surface area contributed by atoms with E-state index in [2.05, 4.69) is 0 Å². The second kappa shape index (κ2) is 13.1. The number of rotatable bonds is 8. The number of esters is 6. The Labute approximate surface area is 229 Å². The number of fused-ring (bicyclic) bond motifs is 1. The van der Waals surface area contributed by atoms with Crippen LogP contribution in [-0.2, 0) is 71.4 Å². The molecule has 3 aliphatic heterocycles. The number of hydrogen-bond donors (Lipinski definition) is 0. The minimum atomic E-state index is -1.54. The Morgan fingerprint density at radius 2 is 1.48 bits per heavy atom. The molecule has 9 atom stereocenters. The molecule has 0 saturated carbocycles. The molecular formula is C25H32O15. The highest BCUT2D eigenvalue weighted by Crippen LogP contribution is 2.42. The third-order valence-electron chi connectivity index (χ3n) is 6.39. The highest BCUT2D eigenvalue weighted by atomic mass is 16.8. The Bertz CT molecular complexity index is 1050. The van der Waals surface area contributed by atoms with Gasteiger partial charge in [-0.1, -0.05) is 0 Å². The summed E-state index contributed by atoms with van der Waals surface area (Å²) in [6.07, 6.45) is -8.19. The molecule has 0 radical (unpaired) electrons. The zero-order chi connectivity index (χ0) is 29.7. The van der Waals surface area contributed by atoms with Crippen LogP contribution in [0.15, 0.2) is 11.8 Å². The van der Waals surface area contributed by atoms with E-state index in [0.717, 1.165) is 34.0 Å². The molecule has 15 heteroatoms. The molecule has 3 rings (SSSR count). The SMILES string of the molecule is COC(=O)C1=CO[C@@H](O[C@@H]2O[C@H](COC(C)=O)[C@@H](OC(C)=O)[C@H](OC(C)=O)[C@H]2OC(C)=O)[C@H]2[C@H](C)OC(=O)C[C@H]12. The van der Waals surface area contributed by atoms with Crippen molar-refractivity contribution in [1.29, 1.82) is 0 Å². The third kappa shape index (κ3) is 7.27. The van der Waals surface area contributed by atoms with Gasteiger partial charge in [-0.25, -0.2) is 4.79 Å². The summed E-state index contributed by atoms with van der Waals surface area (Å²) < 4.78 is 49.2. The van der Waals surface area contributed by atoms with Crippen LogP contribution < -0.4 is 0 Å². The lowest BCUT2D eigenvalue weighted by atomic mass is 9.77. The molecule has 2 fully saturated rings. The van der Waals surface area contributed by atoms with Gasteiger partial charge in [-0.3, -0.25) is 24.0 Å². The lowest BCUT2D eigenvalue weighted by Gasteiger charge is -2.47. The van der Waals surface area contributed by atoms with Gasteiger partial charge in [0.25, 0.3) is 0 Å². The zero-order valence-corrected chi connectivity index (χ0v) is 22.8. The minimum absolute atomic E-state index is 0.0948. The highest BCUT2D eigenvalue weighted by molar-refractivity contribution is 5.90. The van der Waals surface area contributed by atoms with Gasteiger partial charge in [-0.15, -0.1) is 0 Å². The van der Waals surface area contributed by atoms with Gasteiger partial charge in [0.1, 0.15) is 18.8 Å². The Morgan fingerprint density at radius 3 is 2.05 bits per heavy atom. The third-order valence-corrected chi connectivity index (χ3v) is 6.39. The van der Waals surface area contributed by atoms with Crippen molar-refractivity contribution in [2.45, 2.75) is 84.1 Å². The maximum atomic E-state index is 12.4. The monoisotopic (exact) mass is 572 g/mol. The molecule has 15 nitrogen and oxygen atoms in total. The molecule has 0 unspecified atom stereocenters. The quantitative estimate of drug-likeness (QED) is 0.281. The second-order valence-corrected chi connectivity index (χ2v) is 9.36. The molecule has 0 amide bonds. The van der Waals surface area contributed by atoms with E-state index in [-0.39, 0.29) is 12.0 Å². The van der Waals surface area contributed by atoms with Gasteiger partial charge in [0, 0.05) is 33.6 Å². The van der Waals surface area contributed by atoms with E-state index in [1.807, 2.05) is 0 Å². The van der Waals surface area contributed by atoms with E-state index in [0.29, 0.717) is 0 Å². The van der Waals surface area contributed by atoms with Crippen LogP contribution in [0.2, 0.25) is 0 Å². The van der Waals surface area contributed by atoms with Crippen molar-refractivity contribution in [2.24, 2.45) is 11.8 Å². The zero-order valence-electron chi connectivity index (χ0n) is 22.8. The van der Waals surface area contributed by atoms with Gasteiger partial charge in [0.2, 0.25) is 12.6 Å². The van der Waals surface area contributed by atoms with Gasteiger partial charge in [0.05, 0.1) is 31.3 Å². The summed E-state index contributed by atoms with van der Waals surface area (Å²) in [5.41, 5.74) is 0.0948. The summed E-state index contributed by atoms with van der Waals surface area (Å²) >= 11 is 0. The van der Waals surface area contributed by atoms with Gasteiger partial charge in [-0.2, -0.15) is 0 Å². The molecule has 0 bridgehead atoms. The Morgan fingerprint density at radius 1 is 0.875 bits per heavy atom. The van der Waals surface area contributed by atoms with Crippen molar-refractivity contribution in [2.75, 3.05) is 13.7 Å². The van der Waals surface area contributed by atoms with Crippen LogP contribution in [-0.4, -0.2) is 92.6 Å². The summed E-state index contributed by atoms with van der Waals surface area (Å²) in [6.45, 7) is 5.57. The number of cyclic esters (lactones) is 1. The van der Waals surface area contributed by atoms with Crippen molar-refractivity contribution >= 4 is 35.8 Å². The van der Waals surface area contributed by atoms with E-state index < -0.39 is 97.4 Å². The first-order valence-electron chi connectivity index (χ1n) is 12.4. The molecule has 40 heavy (non-hydrogen) atoms. The summed E-state index contributed by atoms with van der Waals surface area (Å²) in [6, 6.07) is 0. The first-order chi connectivity index (χ1) is 18.8. The minimum Gasteiger partial charge on any atom is -0.471 e. The molecule has 0 aromatic heterocycles. The van der Waals surface area contributed by atoms with Gasteiger partial charge in [0.15, 0.2) is 18.3 Å². The maximum absolute atomic E-state index is 12.4. The van der Waals surface area contributed by atoms with Crippen molar-refractivity contribution in [3.63, 3.8) is 0 Å². The normalized spacial score (nSPS) is 33.1. The van der Waals surface area contributed by atoms with E-state index in [4.69, 9.17) is 42.6 Å². The Kier molecular flexibility index (Phi) is 10.1. The van der Waals surface area contributed by atoms with Crippen molar-refractivity contribution in [3.05, 3.63) is 11.8 Å². The smallest absolute Gasteiger partial charge is 0.337 e. The maximum Gasteiger partial charge on any atom is 0.337 e. The van der Waals surface area contributed by atoms with Crippen LogP contribution in [0.25, 0.3) is 0 Å². The Balaban J connectivity index is 2.01.